The summed E-state index contributed by atoms with van der Waals surface area (Å²) in [6.07, 6.45) is 4.04. The van der Waals surface area contributed by atoms with Gasteiger partial charge in [0.15, 0.2) is 0 Å². The van der Waals surface area contributed by atoms with Gasteiger partial charge < -0.3 is 5.32 Å². The summed E-state index contributed by atoms with van der Waals surface area (Å²) in [5.41, 5.74) is 1.27. The molecule has 0 amide bonds. The lowest BCUT2D eigenvalue weighted by molar-refractivity contribution is 0.602. The summed E-state index contributed by atoms with van der Waals surface area (Å²) >= 11 is 0. The van der Waals surface area contributed by atoms with Gasteiger partial charge in [-0.2, -0.15) is 0 Å². The van der Waals surface area contributed by atoms with Gasteiger partial charge in [-0.3, -0.25) is 0 Å². The number of benzene rings is 1. The van der Waals surface area contributed by atoms with E-state index in [1.807, 2.05) is 0 Å². The van der Waals surface area contributed by atoms with Crippen LogP contribution in [0.15, 0.2) is 30.3 Å². The maximum Gasteiger partial charge on any atom is 0.0342 e. The van der Waals surface area contributed by atoms with Crippen molar-refractivity contribution in [2.75, 3.05) is 5.32 Å². The van der Waals surface area contributed by atoms with Crippen LogP contribution in [0.2, 0.25) is 0 Å². The molecule has 0 spiro atoms. The second kappa shape index (κ2) is 3.82. The van der Waals surface area contributed by atoms with Crippen LogP contribution in [0.3, 0.4) is 0 Å². The highest BCUT2D eigenvalue weighted by atomic mass is 14.9. The van der Waals surface area contributed by atoms with Gasteiger partial charge in [0.25, 0.3) is 0 Å². The largest absolute Gasteiger partial charge is 0.382 e. The fourth-order valence-corrected chi connectivity index (χ4v) is 2.11. The van der Waals surface area contributed by atoms with Gasteiger partial charge in [0.05, 0.1) is 0 Å². The molecular formula is C12H17N. The van der Waals surface area contributed by atoms with Gasteiger partial charge in [-0.05, 0) is 37.3 Å². The van der Waals surface area contributed by atoms with E-state index in [-0.39, 0.29) is 0 Å². The number of anilines is 1. The smallest absolute Gasteiger partial charge is 0.0342 e. The maximum atomic E-state index is 3.57. The predicted octanol–water partition coefficient (Wildman–Crippen LogP) is 3.29. The highest BCUT2D eigenvalue weighted by Crippen LogP contribution is 2.27. The second-order valence-corrected chi connectivity index (χ2v) is 4.13. The molecule has 0 heterocycles. The third-order valence-electron chi connectivity index (χ3n) is 2.84. The Morgan fingerprint density at radius 3 is 2.54 bits per heavy atom. The first-order valence-electron chi connectivity index (χ1n) is 5.16. The molecule has 1 N–H and O–H groups in total. The molecule has 1 aromatic rings. The normalized spacial score (nSPS) is 27.5. The van der Waals surface area contributed by atoms with Crippen molar-refractivity contribution in [2.24, 2.45) is 5.92 Å². The number of nitrogens with one attached hydrogen (secondary N) is 1. The Balaban J connectivity index is 1.92. The zero-order valence-electron chi connectivity index (χ0n) is 8.16. The molecule has 0 aliphatic heterocycles. The van der Waals surface area contributed by atoms with Crippen LogP contribution in [0, 0.1) is 5.92 Å². The zero-order valence-corrected chi connectivity index (χ0v) is 8.16. The Morgan fingerprint density at radius 1 is 1.15 bits per heavy atom. The fourth-order valence-electron chi connectivity index (χ4n) is 2.11. The number of para-hydroxylation sites is 1. The molecule has 0 radical (unpaired) electrons. The maximum absolute atomic E-state index is 3.57. The van der Waals surface area contributed by atoms with Crippen molar-refractivity contribution in [1.29, 1.82) is 0 Å². The van der Waals surface area contributed by atoms with Crippen LogP contribution >= 0.6 is 0 Å². The van der Waals surface area contributed by atoms with Crippen molar-refractivity contribution in [2.45, 2.75) is 32.2 Å². The Labute approximate surface area is 80.2 Å². The molecule has 1 aromatic carbocycles. The van der Waals surface area contributed by atoms with Crippen LogP contribution < -0.4 is 5.32 Å². The van der Waals surface area contributed by atoms with E-state index in [4.69, 9.17) is 0 Å². The van der Waals surface area contributed by atoms with Crippen LogP contribution in [0.5, 0.6) is 0 Å². The minimum Gasteiger partial charge on any atom is -0.382 e. The Hall–Kier alpha value is -0.980. The summed E-state index contributed by atoms with van der Waals surface area (Å²) in [7, 11) is 0. The molecule has 1 aliphatic carbocycles. The molecule has 1 saturated carbocycles. The van der Waals surface area contributed by atoms with Crippen LogP contribution in [0.25, 0.3) is 0 Å². The van der Waals surface area contributed by atoms with Gasteiger partial charge in [-0.25, -0.2) is 0 Å². The molecule has 1 nitrogen and oxygen atoms in total. The topological polar surface area (TPSA) is 12.0 Å². The van der Waals surface area contributed by atoms with E-state index in [0.717, 1.165) is 5.92 Å². The van der Waals surface area contributed by atoms with Gasteiger partial charge in [-0.15, -0.1) is 0 Å². The van der Waals surface area contributed by atoms with Gasteiger partial charge in [-0.1, -0.05) is 25.1 Å². The fraction of sp³-hybridized carbons (Fsp3) is 0.500. The molecule has 1 fully saturated rings. The number of hydrogen-bond acceptors (Lipinski definition) is 1. The predicted molar refractivity (Wildman–Crippen MR) is 56.9 cm³/mol. The van der Waals surface area contributed by atoms with Crippen LogP contribution in [0.1, 0.15) is 26.2 Å². The van der Waals surface area contributed by atoms with Crippen LogP contribution in [0.4, 0.5) is 5.69 Å². The summed E-state index contributed by atoms with van der Waals surface area (Å²) in [5, 5.41) is 3.57. The Kier molecular flexibility index (Phi) is 2.53. The summed E-state index contributed by atoms with van der Waals surface area (Å²) in [6.45, 7) is 2.34. The van der Waals surface area contributed by atoms with Crippen molar-refractivity contribution in [3.63, 3.8) is 0 Å². The molecule has 2 atom stereocenters. The van der Waals surface area contributed by atoms with E-state index in [1.165, 1.54) is 24.9 Å². The lowest BCUT2D eigenvalue weighted by Crippen LogP contribution is -2.14. The molecule has 13 heavy (non-hydrogen) atoms. The lowest BCUT2D eigenvalue weighted by atomic mass is 10.1. The second-order valence-electron chi connectivity index (χ2n) is 4.13. The Morgan fingerprint density at radius 2 is 1.92 bits per heavy atom. The van der Waals surface area contributed by atoms with E-state index >= 15 is 0 Å². The molecule has 0 aromatic heterocycles. The van der Waals surface area contributed by atoms with E-state index in [0.29, 0.717) is 6.04 Å². The van der Waals surface area contributed by atoms with Gasteiger partial charge in [0.2, 0.25) is 0 Å². The summed E-state index contributed by atoms with van der Waals surface area (Å²) < 4.78 is 0. The minimum absolute atomic E-state index is 0.706. The first-order chi connectivity index (χ1) is 6.34. The monoisotopic (exact) mass is 175 g/mol. The summed E-state index contributed by atoms with van der Waals surface area (Å²) in [4.78, 5) is 0. The van der Waals surface area contributed by atoms with Crippen molar-refractivity contribution in [1.82, 2.24) is 0 Å². The SMILES string of the molecule is CC1CCC(Nc2ccccc2)C1. The van der Waals surface area contributed by atoms with E-state index in [2.05, 4.69) is 42.6 Å². The standard InChI is InChI=1S/C12H17N/c1-10-7-8-12(9-10)13-11-5-3-2-4-6-11/h2-6,10,12-13H,7-9H2,1H3. The highest BCUT2D eigenvalue weighted by Gasteiger charge is 2.20. The molecule has 0 saturated heterocycles. The quantitative estimate of drug-likeness (QED) is 0.727. The zero-order chi connectivity index (χ0) is 9.10. The molecule has 2 unspecified atom stereocenters. The van der Waals surface area contributed by atoms with Crippen molar-refractivity contribution >= 4 is 5.69 Å². The number of rotatable bonds is 2. The third kappa shape index (κ3) is 2.24. The third-order valence-corrected chi connectivity index (χ3v) is 2.84. The van der Waals surface area contributed by atoms with E-state index < -0.39 is 0 Å². The average molecular weight is 175 g/mol. The van der Waals surface area contributed by atoms with Gasteiger partial charge in [0.1, 0.15) is 0 Å². The molecule has 70 valence electrons. The summed E-state index contributed by atoms with van der Waals surface area (Å²) in [6, 6.07) is 11.2. The first-order valence-corrected chi connectivity index (χ1v) is 5.16. The Bertz CT molecular complexity index is 255. The molecule has 2 rings (SSSR count). The van der Waals surface area contributed by atoms with E-state index in [9.17, 15) is 0 Å². The van der Waals surface area contributed by atoms with Gasteiger partial charge >= 0.3 is 0 Å². The summed E-state index contributed by atoms with van der Waals surface area (Å²) in [5.74, 6) is 0.904. The van der Waals surface area contributed by atoms with E-state index in [1.54, 1.807) is 0 Å². The van der Waals surface area contributed by atoms with Crippen LogP contribution in [-0.2, 0) is 0 Å². The first kappa shape index (κ1) is 8.61. The minimum atomic E-state index is 0.706. The number of hydrogen-bond donors (Lipinski definition) is 1. The lowest BCUT2D eigenvalue weighted by Gasteiger charge is -2.13. The van der Waals surface area contributed by atoms with Crippen molar-refractivity contribution < 1.29 is 0 Å². The van der Waals surface area contributed by atoms with Crippen molar-refractivity contribution in [3.05, 3.63) is 30.3 Å². The molecule has 0 bridgehead atoms. The van der Waals surface area contributed by atoms with Crippen molar-refractivity contribution in [3.8, 4) is 0 Å². The van der Waals surface area contributed by atoms with Gasteiger partial charge in [0, 0.05) is 11.7 Å². The van der Waals surface area contributed by atoms with Crippen LogP contribution in [-0.4, -0.2) is 6.04 Å². The highest BCUT2D eigenvalue weighted by molar-refractivity contribution is 5.43. The molecule has 1 aliphatic rings. The molecule has 1 heteroatoms. The molecular weight excluding hydrogens is 158 g/mol. The average Bonchev–Trinajstić information content (AvgIpc) is 2.53.